The highest BCUT2D eigenvalue weighted by atomic mass is 19.1. The molecule has 0 spiro atoms. The number of amides is 2. The Morgan fingerprint density at radius 3 is 2.67 bits per heavy atom. The molecule has 0 saturated carbocycles. The summed E-state index contributed by atoms with van der Waals surface area (Å²) in [4.78, 5) is 37.5. The zero-order valence-electron chi connectivity index (χ0n) is 14.3. The second-order valence-electron chi connectivity index (χ2n) is 5.76. The Bertz CT molecular complexity index is 853. The predicted octanol–water partition coefficient (Wildman–Crippen LogP) is 2.12. The smallest absolute Gasteiger partial charge is 0.326 e. The number of para-hydroxylation sites is 2. The second-order valence-corrected chi connectivity index (χ2v) is 5.76. The largest absolute Gasteiger partial charge is 0.491 e. The molecule has 0 aliphatic carbocycles. The van der Waals surface area contributed by atoms with Crippen LogP contribution in [0.1, 0.15) is 6.42 Å². The number of carbonyl (C=O) groups is 3. The third-order valence-electron chi connectivity index (χ3n) is 3.81. The maximum Gasteiger partial charge on any atom is 0.326 e. The zero-order valence-corrected chi connectivity index (χ0v) is 14.3. The first-order chi connectivity index (χ1) is 13.0. The summed E-state index contributed by atoms with van der Waals surface area (Å²) in [5.41, 5.74) is 0.860. The van der Waals surface area contributed by atoms with E-state index >= 15 is 0 Å². The lowest BCUT2D eigenvalue weighted by atomic mass is 10.2. The number of ether oxygens (including phenoxy) is 2. The second kappa shape index (κ2) is 8.31. The maximum atomic E-state index is 12.8. The highest BCUT2D eigenvalue weighted by Crippen LogP contribution is 2.30. The Labute approximate surface area is 154 Å². The van der Waals surface area contributed by atoms with Crippen LogP contribution in [0.5, 0.6) is 5.75 Å². The fraction of sp³-hybridized carbons (Fsp3) is 0.211. The first-order valence-electron chi connectivity index (χ1n) is 8.26. The van der Waals surface area contributed by atoms with E-state index in [0.29, 0.717) is 17.1 Å². The molecule has 2 aromatic rings. The SMILES string of the molecule is O=C(COC(=O)CN1C(=O)CCOc2ccccc21)Nc1ccc(F)cc1. The molecule has 2 aromatic carbocycles. The van der Waals surface area contributed by atoms with Crippen molar-refractivity contribution in [2.45, 2.75) is 6.42 Å². The number of hydrogen-bond donors (Lipinski definition) is 1. The minimum absolute atomic E-state index is 0.132. The number of rotatable bonds is 5. The van der Waals surface area contributed by atoms with Gasteiger partial charge in [0.2, 0.25) is 5.91 Å². The van der Waals surface area contributed by atoms with Gasteiger partial charge in [-0.25, -0.2) is 4.39 Å². The molecule has 0 saturated heterocycles. The van der Waals surface area contributed by atoms with Crippen molar-refractivity contribution < 1.29 is 28.2 Å². The van der Waals surface area contributed by atoms with Crippen LogP contribution in [0.25, 0.3) is 0 Å². The average Bonchev–Trinajstić information content (AvgIpc) is 2.81. The number of carbonyl (C=O) groups excluding carboxylic acids is 3. The van der Waals surface area contributed by atoms with E-state index in [1.54, 1.807) is 24.3 Å². The summed E-state index contributed by atoms with van der Waals surface area (Å²) in [6, 6.07) is 12.1. The summed E-state index contributed by atoms with van der Waals surface area (Å²) in [5, 5.41) is 2.48. The van der Waals surface area contributed by atoms with E-state index in [2.05, 4.69) is 5.32 Å². The lowest BCUT2D eigenvalue weighted by Crippen LogP contribution is -2.36. The van der Waals surface area contributed by atoms with Crippen LogP contribution in [0.4, 0.5) is 15.8 Å². The van der Waals surface area contributed by atoms with Crippen LogP contribution in [-0.2, 0) is 19.1 Å². The van der Waals surface area contributed by atoms with Crippen LogP contribution in [0.3, 0.4) is 0 Å². The van der Waals surface area contributed by atoms with E-state index in [1.807, 2.05) is 0 Å². The number of esters is 1. The van der Waals surface area contributed by atoms with Crippen molar-refractivity contribution in [2.24, 2.45) is 0 Å². The number of halogens is 1. The molecule has 1 aliphatic rings. The summed E-state index contributed by atoms with van der Waals surface area (Å²) in [6.07, 6.45) is 0.132. The Morgan fingerprint density at radius 1 is 1.15 bits per heavy atom. The molecule has 27 heavy (non-hydrogen) atoms. The van der Waals surface area contributed by atoms with E-state index < -0.39 is 24.3 Å². The van der Waals surface area contributed by atoms with E-state index in [0.717, 1.165) is 0 Å². The summed E-state index contributed by atoms with van der Waals surface area (Å²) in [5.74, 6) is -1.49. The van der Waals surface area contributed by atoms with Gasteiger partial charge in [0, 0.05) is 5.69 Å². The van der Waals surface area contributed by atoms with Crippen molar-refractivity contribution in [1.29, 1.82) is 0 Å². The standard InChI is InChI=1S/C19H17FN2O5/c20-13-5-7-14(8-6-13)21-17(23)12-27-19(25)11-22-15-3-1-2-4-16(15)26-10-9-18(22)24/h1-8H,9-12H2,(H,21,23). The number of fused-ring (bicyclic) bond motifs is 1. The van der Waals surface area contributed by atoms with Crippen LogP contribution < -0.4 is 15.0 Å². The minimum Gasteiger partial charge on any atom is -0.491 e. The molecule has 3 rings (SSSR count). The van der Waals surface area contributed by atoms with Gasteiger partial charge in [0.25, 0.3) is 5.91 Å². The van der Waals surface area contributed by atoms with Gasteiger partial charge >= 0.3 is 5.97 Å². The molecule has 1 aliphatic heterocycles. The highest BCUT2D eigenvalue weighted by molar-refractivity contribution is 6.00. The Morgan fingerprint density at radius 2 is 1.89 bits per heavy atom. The molecular formula is C19H17FN2O5. The van der Waals surface area contributed by atoms with Crippen molar-refractivity contribution in [2.75, 3.05) is 30.0 Å². The maximum absolute atomic E-state index is 12.8. The third-order valence-corrected chi connectivity index (χ3v) is 3.81. The predicted molar refractivity (Wildman–Crippen MR) is 94.9 cm³/mol. The van der Waals surface area contributed by atoms with Gasteiger partial charge in [-0.05, 0) is 36.4 Å². The number of nitrogens with one attached hydrogen (secondary N) is 1. The van der Waals surface area contributed by atoms with Crippen molar-refractivity contribution in [1.82, 2.24) is 0 Å². The van der Waals surface area contributed by atoms with Gasteiger partial charge in [-0.15, -0.1) is 0 Å². The van der Waals surface area contributed by atoms with Crippen LogP contribution >= 0.6 is 0 Å². The molecule has 140 valence electrons. The van der Waals surface area contributed by atoms with Gasteiger partial charge < -0.3 is 14.8 Å². The fourth-order valence-corrected chi connectivity index (χ4v) is 2.54. The van der Waals surface area contributed by atoms with Crippen LogP contribution in [-0.4, -0.2) is 37.5 Å². The monoisotopic (exact) mass is 372 g/mol. The molecule has 0 aromatic heterocycles. The van der Waals surface area contributed by atoms with Gasteiger partial charge in [0.15, 0.2) is 6.61 Å². The van der Waals surface area contributed by atoms with Gasteiger partial charge in [0.05, 0.1) is 18.7 Å². The van der Waals surface area contributed by atoms with Gasteiger partial charge in [-0.1, -0.05) is 12.1 Å². The van der Waals surface area contributed by atoms with E-state index in [1.165, 1.54) is 29.2 Å². The molecule has 1 heterocycles. The molecule has 0 bridgehead atoms. The van der Waals surface area contributed by atoms with E-state index in [-0.39, 0.29) is 25.5 Å². The molecular weight excluding hydrogens is 355 g/mol. The Hall–Kier alpha value is -3.42. The van der Waals surface area contributed by atoms with Crippen molar-refractivity contribution >= 4 is 29.2 Å². The molecule has 0 atom stereocenters. The molecule has 1 N–H and O–H groups in total. The lowest BCUT2D eigenvalue weighted by Gasteiger charge is -2.20. The topological polar surface area (TPSA) is 84.9 Å². The molecule has 8 heteroatoms. The van der Waals surface area contributed by atoms with Crippen molar-refractivity contribution in [3.8, 4) is 5.75 Å². The normalized spacial score (nSPS) is 13.2. The quantitative estimate of drug-likeness (QED) is 0.813. The first-order valence-corrected chi connectivity index (χ1v) is 8.26. The zero-order chi connectivity index (χ0) is 19.2. The van der Waals surface area contributed by atoms with Gasteiger partial charge in [-0.3, -0.25) is 19.3 Å². The van der Waals surface area contributed by atoms with Gasteiger partial charge in [-0.2, -0.15) is 0 Å². The number of anilines is 2. The van der Waals surface area contributed by atoms with Crippen LogP contribution in [0, 0.1) is 5.82 Å². The summed E-state index contributed by atoms with van der Waals surface area (Å²) >= 11 is 0. The highest BCUT2D eigenvalue weighted by Gasteiger charge is 2.25. The third kappa shape index (κ3) is 4.81. The van der Waals surface area contributed by atoms with Crippen LogP contribution in [0.2, 0.25) is 0 Å². The molecule has 2 amide bonds. The van der Waals surface area contributed by atoms with Crippen LogP contribution in [0.15, 0.2) is 48.5 Å². The Balaban J connectivity index is 1.56. The lowest BCUT2D eigenvalue weighted by molar-refractivity contribution is -0.146. The molecule has 0 radical (unpaired) electrons. The van der Waals surface area contributed by atoms with Crippen molar-refractivity contribution in [3.05, 3.63) is 54.3 Å². The van der Waals surface area contributed by atoms with Gasteiger partial charge in [0.1, 0.15) is 18.1 Å². The Kier molecular flexibility index (Phi) is 5.65. The average molecular weight is 372 g/mol. The number of nitrogens with zero attached hydrogens (tertiary/aromatic N) is 1. The molecule has 0 unspecified atom stereocenters. The first kappa shape index (κ1) is 18.4. The summed E-state index contributed by atoms with van der Waals surface area (Å²) in [6.45, 7) is -0.624. The summed E-state index contributed by atoms with van der Waals surface area (Å²) < 4.78 is 23.3. The van der Waals surface area contributed by atoms with E-state index in [4.69, 9.17) is 9.47 Å². The fourth-order valence-electron chi connectivity index (χ4n) is 2.54. The molecule has 0 fully saturated rings. The minimum atomic E-state index is -0.727. The molecule has 7 nitrogen and oxygen atoms in total. The van der Waals surface area contributed by atoms with E-state index in [9.17, 15) is 18.8 Å². The number of benzene rings is 2. The van der Waals surface area contributed by atoms with Crippen molar-refractivity contribution in [3.63, 3.8) is 0 Å². The number of hydrogen-bond acceptors (Lipinski definition) is 5. The summed E-state index contributed by atoms with van der Waals surface area (Å²) in [7, 11) is 0.